The summed E-state index contributed by atoms with van der Waals surface area (Å²) in [5.41, 5.74) is 1.79. The van der Waals surface area contributed by atoms with Gasteiger partial charge in [-0.05, 0) is 49.8 Å². The van der Waals surface area contributed by atoms with Crippen LogP contribution in [0.5, 0.6) is 5.75 Å². The highest BCUT2D eigenvalue weighted by Crippen LogP contribution is 2.27. The Morgan fingerprint density at radius 2 is 1.62 bits per heavy atom. The molecule has 2 nitrogen and oxygen atoms in total. The topological polar surface area (TPSA) is 21.3 Å². The number of ether oxygens (including phenoxy) is 1. The summed E-state index contributed by atoms with van der Waals surface area (Å²) in [4.78, 5) is 0. The number of hydrogen-bond acceptors (Lipinski definition) is 2. The Morgan fingerprint density at radius 3 is 2.14 bits per heavy atom. The minimum atomic E-state index is 0.147. The maximum absolute atomic E-state index is 5.69. The zero-order chi connectivity index (χ0) is 15.9. The number of nitrogens with one attached hydrogen (secondary N) is 1. The Labute approximate surface area is 131 Å². The van der Waals surface area contributed by atoms with Crippen molar-refractivity contribution in [1.29, 1.82) is 0 Å². The van der Waals surface area contributed by atoms with Gasteiger partial charge >= 0.3 is 0 Å². The normalized spacial score (nSPS) is 12.5. The predicted molar refractivity (Wildman–Crippen MR) is 91.8 cm³/mol. The third kappa shape index (κ3) is 8.11. The van der Waals surface area contributed by atoms with Gasteiger partial charge in [0.2, 0.25) is 0 Å². The molecule has 0 bridgehead atoms. The molecule has 21 heavy (non-hydrogen) atoms. The fourth-order valence-corrected chi connectivity index (χ4v) is 2.77. The molecule has 0 unspecified atom stereocenters. The summed E-state index contributed by atoms with van der Waals surface area (Å²) >= 11 is 0. The minimum absolute atomic E-state index is 0.147. The fourth-order valence-electron chi connectivity index (χ4n) is 2.77. The van der Waals surface area contributed by atoms with E-state index in [9.17, 15) is 0 Å². The second kappa shape index (κ2) is 7.84. The van der Waals surface area contributed by atoms with E-state index in [1.54, 1.807) is 0 Å². The molecule has 0 heterocycles. The van der Waals surface area contributed by atoms with Gasteiger partial charge in [-0.2, -0.15) is 0 Å². The van der Waals surface area contributed by atoms with Gasteiger partial charge in [-0.3, -0.25) is 0 Å². The van der Waals surface area contributed by atoms with Crippen molar-refractivity contribution in [2.75, 3.05) is 6.61 Å². The Kier molecular flexibility index (Phi) is 6.73. The van der Waals surface area contributed by atoms with Crippen LogP contribution in [0.15, 0.2) is 24.3 Å². The zero-order valence-corrected chi connectivity index (χ0v) is 14.8. The number of benzene rings is 1. The van der Waals surface area contributed by atoms with Gasteiger partial charge in [-0.1, -0.05) is 46.2 Å². The molecule has 0 aromatic heterocycles. The van der Waals surface area contributed by atoms with Crippen molar-refractivity contribution in [2.24, 2.45) is 5.41 Å². The fraction of sp³-hybridized carbons (Fsp3) is 0.684. The van der Waals surface area contributed by atoms with Crippen LogP contribution in [-0.2, 0) is 6.54 Å². The van der Waals surface area contributed by atoms with E-state index in [1.807, 2.05) is 0 Å². The molecule has 1 aromatic rings. The van der Waals surface area contributed by atoms with Crippen LogP contribution in [0.1, 0.15) is 66.4 Å². The quantitative estimate of drug-likeness (QED) is 0.667. The van der Waals surface area contributed by atoms with Crippen molar-refractivity contribution < 1.29 is 4.74 Å². The molecule has 120 valence electrons. The Morgan fingerprint density at radius 1 is 1.00 bits per heavy atom. The number of hydrogen-bond donors (Lipinski definition) is 1. The van der Waals surface area contributed by atoms with Crippen molar-refractivity contribution in [3.63, 3.8) is 0 Å². The maximum Gasteiger partial charge on any atom is 0.119 e. The van der Waals surface area contributed by atoms with Gasteiger partial charge in [0.25, 0.3) is 0 Å². The van der Waals surface area contributed by atoms with Crippen LogP contribution < -0.4 is 10.1 Å². The SMILES string of the molecule is CCCCOc1ccc(CNC(C)(C)CC(C)(C)C)cc1. The van der Waals surface area contributed by atoms with E-state index >= 15 is 0 Å². The van der Waals surface area contributed by atoms with Crippen LogP contribution in [0.4, 0.5) is 0 Å². The minimum Gasteiger partial charge on any atom is -0.494 e. The highest BCUT2D eigenvalue weighted by atomic mass is 16.5. The lowest BCUT2D eigenvalue weighted by molar-refractivity contribution is 0.240. The summed E-state index contributed by atoms with van der Waals surface area (Å²) in [6.07, 6.45) is 3.44. The van der Waals surface area contributed by atoms with Crippen LogP contribution in [0.25, 0.3) is 0 Å². The average molecular weight is 291 g/mol. The summed E-state index contributed by atoms with van der Waals surface area (Å²) < 4.78 is 5.69. The van der Waals surface area contributed by atoms with E-state index in [4.69, 9.17) is 4.74 Å². The second-order valence-corrected chi connectivity index (χ2v) is 7.82. The second-order valence-electron chi connectivity index (χ2n) is 7.82. The molecule has 0 saturated heterocycles. The molecule has 0 fully saturated rings. The smallest absolute Gasteiger partial charge is 0.119 e. The largest absolute Gasteiger partial charge is 0.494 e. The van der Waals surface area contributed by atoms with Crippen LogP contribution in [-0.4, -0.2) is 12.1 Å². The molecular weight excluding hydrogens is 258 g/mol. The summed E-state index contributed by atoms with van der Waals surface area (Å²) in [6, 6.07) is 8.45. The Bertz CT molecular complexity index is 401. The standard InChI is InChI=1S/C19H33NO/c1-7-8-13-21-17-11-9-16(10-12-17)14-20-19(5,6)15-18(2,3)4/h9-12,20H,7-8,13-15H2,1-6H3. The molecule has 0 spiro atoms. The van der Waals surface area contributed by atoms with Crippen molar-refractivity contribution >= 4 is 0 Å². The van der Waals surface area contributed by atoms with Gasteiger partial charge in [0.15, 0.2) is 0 Å². The Balaban J connectivity index is 2.45. The molecule has 0 aliphatic carbocycles. The molecule has 1 rings (SSSR count). The van der Waals surface area contributed by atoms with Crippen molar-refractivity contribution in [3.05, 3.63) is 29.8 Å². The third-order valence-electron chi connectivity index (χ3n) is 3.43. The average Bonchev–Trinajstić information content (AvgIpc) is 2.35. The Hall–Kier alpha value is -1.02. The van der Waals surface area contributed by atoms with Crippen LogP contribution in [0, 0.1) is 5.41 Å². The summed E-state index contributed by atoms with van der Waals surface area (Å²) in [5, 5.41) is 3.66. The molecule has 0 radical (unpaired) electrons. The predicted octanol–water partition coefficient (Wildman–Crippen LogP) is 5.17. The highest BCUT2D eigenvalue weighted by Gasteiger charge is 2.24. The van der Waals surface area contributed by atoms with Crippen LogP contribution in [0.3, 0.4) is 0 Å². The lowest BCUT2D eigenvalue weighted by Gasteiger charge is -2.33. The van der Waals surface area contributed by atoms with E-state index in [1.165, 1.54) is 12.0 Å². The van der Waals surface area contributed by atoms with E-state index in [0.29, 0.717) is 5.41 Å². The van der Waals surface area contributed by atoms with Gasteiger partial charge in [0.1, 0.15) is 5.75 Å². The van der Waals surface area contributed by atoms with Crippen molar-refractivity contribution in [3.8, 4) is 5.75 Å². The number of rotatable bonds is 8. The zero-order valence-electron chi connectivity index (χ0n) is 14.8. The van der Waals surface area contributed by atoms with E-state index in [-0.39, 0.29) is 5.54 Å². The molecular formula is C19H33NO. The molecule has 0 amide bonds. The molecule has 2 heteroatoms. The number of unbranched alkanes of at least 4 members (excludes halogenated alkanes) is 1. The molecule has 0 saturated carbocycles. The first-order valence-corrected chi connectivity index (χ1v) is 8.19. The molecule has 0 atom stereocenters. The van der Waals surface area contributed by atoms with Crippen molar-refractivity contribution in [2.45, 2.75) is 72.9 Å². The summed E-state index contributed by atoms with van der Waals surface area (Å²) in [6.45, 7) is 15.3. The van der Waals surface area contributed by atoms with Crippen molar-refractivity contribution in [1.82, 2.24) is 5.32 Å². The van der Waals surface area contributed by atoms with Gasteiger partial charge in [-0.15, -0.1) is 0 Å². The third-order valence-corrected chi connectivity index (χ3v) is 3.43. The van der Waals surface area contributed by atoms with Gasteiger partial charge in [0.05, 0.1) is 6.61 Å². The van der Waals surface area contributed by atoms with Crippen LogP contribution in [0.2, 0.25) is 0 Å². The molecule has 0 aliphatic heterocycles. The molecule has 1 N–H and O–H groups in total. The summed E-state index contributed by atoms with van der Waals surface area (Å²) in [7, 11) is 0. The first kappa shape index (κ1) is 18.0. The summed E-state index contributed by atoms with van der Waals surface area (Å²) in [5.74, 6) is 0.973. The molecule has 0 aliphatic rings. The van der Waals surface area contributed by atoms with Gasteiger partial charge in [0, 0.05) is 12.1 Å². The first-order chi connectivity index (χ1) is 9.72. The van der Waals surface area contributed by atoms with Gasteiger partial charge in [-0.25, -0.2) is 0 Å². The molecule has 1 aromatic carbocycles. The van der Waals surface area contributed by atoms with Crippen LogP contribution >= 0.6 is 0 Å². The van der Waals surface area contributed by atoms with E-state index in [0.717, 1.165) is 31.7 Å². The van der Waals surface area contributed by atoms with E-state index < -0.39 is 0 Å². The highest BCUT2D eigenvalue weighted by molar-refractivity contribution is 5.27. The van der Waals surface area contributed by atoms with Gasteiger partial charge < -0.3 is 10.1 Å². The maximum atomic E-state index is 5.69. The van der Waals surface area contributed by atoms with E-state index in [2.05, 4.69) is 71.1 Å². The lowest BCUT2D eigenvalue weighted by Crippen LogP contribution is -2.41. The first-order valence-electron chi connectivity index (χ1n) is 8.19. The monoisotopic (exact) mass is 291 g/mol. The lowest BCUT2D eigenvalue weighted by atomic mass is 9.82.